The molecule has 84 valence electrons. The van der Waals surface area contributed by atoms with Crippen LogP contribution in [0.25, 0.3) is 0 Å². The summed E-state index contributed by atoms with van der Waals surface area (Å²) in [4.78, 5) is 0. The molecule has 2 N–H and O–H groups in total. The molecule has 0 radical (unpaired) electrons. The Balaban J connectivity index is 2.03. The van der Waals surface area contributed by atoms with E-state index in [1.165, 1.54) is 38.5 Å². The molecule has 1 aliphatic rings. The number of aliphatic hydroxyl groups is 1. The molecular weight excluding hydrogens is 174 g/mol. The number of rotatable bonds is 6. The number of hydrogen-bond acceptors (Lipinski definition) is 2. The van der Waals surface area contributed by atoms with E-state index in [1.807, 2.05) is 0 Å². The van der Waals surface area contributed by atoms with Crippen LogP contribution in [0.5, 0.6) is 0 Å². The SMILES string of the molecule is CC1(NCCCCCO)CCCCC1. The average molecular weight is 199 g/mol. The quantitative estimate of drug-likeness (QED) is 0.644. The van der Waals surface area contributed by atoms with Crippen molar-refractivity contribution in [2.24, 2.45) is 0 Å². The predicted molar refractivity (Wildman–Crippen MR) is 60.4 cm³/mol. The minimum absolute atomic E-state index is 0.345. The zero-order valence-electron chi connectivity index (χ0n) is 9.52. The van der Waals surface area contributed by atoms with E-state index < -0.39 is 0 Å². The molecule has 1 aliphatic carbocycles. The number of unbranched alkanes of at least 4 members (excludes halogenated alkanes) is 2. The zero-order chi connectivity index (χ0) is 10.3. The molecule has 0 saturated heterocycles. The Kier molecular flexibility index (Phi) is 5.49. The van der Waals surface area contributed by atoms with E-state index in [0.717, 1.165) is 19.4 Å². The molecule has 2 nitrogen and oxygen atoms in total. The van der Waals surface area contributed by atoms with Crippen molar-refractivity contribution in [3.05, 3.63) is 0 Å². The third-order valence-electron chi connectivity index (χ3n) is 3.34. The van der Waals surface area contributed by atoms with Gasteiger partial charge in [-0.05, 0) is 45.6 Å². The lowest BCUT2D eigenvalue weighted by Crippen LogP contribution is -2.44. The summed E-state index contributed by atoms with van der Waals surface area (Å²) >= 11 is 0. The van der Waals surface area contributed by atoms with Gasteiger partial charge < -0.3 is 10.4 Å². The second-order valence-electron chi connectivity index (χ2n) is 4.83. The van der Waals surface area contributed by atoms with E-state index in [4.69, 9.17) is 5.11 Å². The van der Waals surface area contributed by atoms with Crippen molar-refractivity contribution in [3.63, 3.8) is 0 Å². The molecule has 1 saturated carbocycles. The summed E-state index contributed by atoms with van der Waals surface area (Å²) < 4.78 is 0. The van der Waals surface area contributed by atoms with Crippen LogP contribution in [0.1, 0.15) is 58.3 Å². The van der Waals surface area contributed by atoms with Crippen LogP contribution >= 0.6 is 0 Å². The van der Waals surface area contributed by atoms with Gasteiger partial charge in [-0.2, -0.15) is 0 Å². The van der Waals surface area contributed by atoms with E-state index in [9.17, 15) is 0 Å². The van der Waals surface area contributed by atoms with Crippen LogP contribution in [-0.2, 0) is 0 Å². The van der Waals surface area contributed by atoms with Crippen molar-refractivity contribution in [2.75, 3.05) is 13.2 Å². The van der Waals surface area contributed by atoms with Crippen molar-refractivity contribution in [3.8, 4) is 0 Å². The topological polar surface area (TPSA) is 32.3 Å². The normalized spacial score (nSPS) is 21.0. The van der Waals surface area contributed by atoms with Gasteiger partial charge >= 0.3 is 0 Å². The van der Waals surface area contributed by atoms with Gasteiger partial charge in [0.05, 0.1) is 0 Å². The molecule has 14 heavy (non-hydrogen) atoms. The van der Waals surface area contributed by atoms with Crippen LogP contribution in [0.3, 0.4) is 0 Å². The Morgan fingerprint density at radius 3 is 2.43 bits per heavy atom. The lowest BCUT2D eigenvalue weighted by atomic mass is 9.83. The second kappa shape index (κ2) is 6.41. The summed E-state index contributed by atoms with van der Waals surface area (Å²) in [5.74, 6) is 0. The molecule has 0 aromatic carbocycles. The van der Waals surface area contributed by atoms with Gasteiger partial charge in [0.15, 0.2) is 0 Å². The minimum Gasteiger partial charge on any atom is -0.396 e. The first kappa shape index (κ1) is 12.0. The van der Waals surface area contributed by atoms with Gasteiger partial charge in [0.2, 0.25) is 0 Å². The van der Waals surface area contributed by atoms with Crippen molar-refractivity contribution >= 4 is 0 Å². The first-order valence-electron chi connectivity index (χ1n) is 6.13. The molecule has 0 amide bonds. The van der Waals surface area contributed by atoms with Gasteiger partial charge in [-0.1, -0.05) is 19.3 Å². The Morgan fingerprint density at radius 1 is 1.07 bits per heavy atom. The van der Waals surface area contributed by atoms with E-state index in [-0.39, 0.29) is 0 Å². The molecule has 0 aromatic rings. The summed E-state index contributed by atoms with van der Waals surface area (Å²) in [6.07, 6.45) is 10.2. The fourth-order valence-corrected chi connectivity index (χ4v) is 2.31. The van der Waals surface area contributed by atoms with Crippen LogP contribution in [-0.4, -0.2) is 23.8 Å². The van der Waals surface area contributed by atoms with E-state index in [0.29, 0.717) is 12.1 Å². The summed E-state index contributed by atoms with van der Waals surface area (Å²) in [7, 11) is 0. The molecule has 0 spiro atoms. The van der Waals surface area contributed by atoms with Crippen LogP contribution in [0.4, 0.5) is 0 Å². The highest BCUT2D eigenvalue weighted by atomic mass is 16.2. The lowest BCUT2D eigenvalue weighted by Gasteiger charge is -2.34. The molecule has 1 rings (SSSR count). The van der Waals surface area contributed by atoms with Crippen molar-refractivity contribution < 1.29 is 5.11 Å². The third-order valence-corrected chi connectivity index (χ3v) is 3.34. The largest absolute Gasteiger partial charge is 0.396 e. The number of aliphatic hydroxyl groups excluding tert-OH is 1. The van der Waals surface area contributed by atoms with Gasteiger partial charge in [0, 0.05) is 12.1 Å². The van der Waals surface area contributed by atoms with Gasteiger partial charge in [-0.15, -0.1) is 0 Å². The van der Waals surface area contributed by atoms with E-state index >= 15 is 0 Å². The lowest BCUT2D eigenvalue weighted by molar-refractivity contribution is 0.249. The second-order valence-corrected chi connectivity index (χ2v) is 4.83. The summed E-state index contributed by atoms with van der Waals surface area (Å²) in [5, 5.41) is 12.3. The fraction of sp³-hybridized carbons (Fsp3) is 1.00. The summed E-state index contributed by atoms with van der Waals surface area (Å²) in [5.41, 5.74) is 0.414. The summed E-state index contributed by atoms with van der Waals surface area (Å²) in [6, 6.07) is 0. The number of hydrogen-bond donors (Lipinski definition) is 2. The Hall–Kier alpha value is -0.0800. The molecular formula is C12H25NO. The maximum Gasteiger partial charge on any atom is 0.0431 e. The predicted octanol–water partition coefficient (Wildman–Crippen LogP) is 2.46. The average Bonchev–Trinajstić information content (AvgIpc) is 2.18. The first-order chi connectivity index (χ1) is 6.77. The Labute approximate surface area is 88.1 Å². The van der Waals surface area contributed by atoms with E-state index in [1.54, 1.807) is 0 Å². The molecule has 0 bridgehead atoms. The Morgan fingerprint density at radius 2 is 1.79 bits per heavy atom. The molecule has 0 unspecified atom stereocenters. The van der Waals surface area contributed by atoms with Crippen LogP contribution < -0.4 is 5.32 Å². The van der Waals surface area contributed by atoms with Crippen molar-refractivity contribution in [2.45, 2.75) is 63.8 Å². The monoisotopic (exact) mass is 199 g/mol. The van der Waals surface area contributed by atoms with Crippen LogP contribution in [0.15, 0.2) is 0 Å². The smallest absolute Gasteiger partial charge is 0.0431 e. The first-order valence-corrected chi connectivity index (χ1v) is 6.13. The van der Waals surface area contributed by atoms with E-state index in [2.05, 4.69) is 12.2 Å². The van der Waals surface area contributed by atoms with Crippen molar-refractivity contribution in [1.29, 1.82) is 0 Å². The van der Waals surface area contributed by atoms with Crippen LogP contribution in [0.2, 0.25) is 0 Å². The minimum atomic E-state index is 0.345. The number of nitrogens with one attached hydrogen (secondary N) is 1. The maximum atomic E-state index is 8.64. The highest BCUT2D eigenvalue weighted by molar-refractivity contribution is 4.85. The van der Waals surface area contributed by atoms with Crippen LogP contribution in [0, 0.1) is 0 Å². The highest BCUT2D eigenvalue weighted by Crippen LogP contribution is 2.27. The Bertz CT molecular complexity index is 141. The fourth-order valence-electron chi connectivity index (χ4n) is 2.31. The van der Waals surface area contributed by atoms with Gasteiger partial charge in [0.25, 0.3) is 0 Å². The van der Waals surface area contributed by atoms with Crippen molar-refractivity contribution in [1.82, 2.24) is 5.32 Å². The molecule has 0 aliphatic heterocycles. The standard InChI is InChI=1S/C12H25NO/c1-12(8-4-2-5-9-12)13-10-6-3-7-11-14/h13-14H,2-11H2,1H3. The molecule has 0 heterocycles. The molecule has 1 fully saturated rings. The highest BCUT2D eigenvalue weighted by Gasteiger charge is 2.25. The molecule has 0 aromatic heterocycles. The summed E-state index contributed by atoms with van der Waals surface area (Å²) in [6.45, 7) is 3.83. The third kappa shape index (κ3) is 4.43. The zero-order valence-corrected chi connectivity index (χ0v) is 9.52. The molecule has 0 atom stereocenters. The van der Waals surface area contributed by atoms with Gasteiger partial charge in [-0.3, -0.25) is 0 Å². The van der Waals surface area contributed by atoms with Gasteiger partial charge in [0.1, 0.15) is 0 Å². The maximum absolute atomic E-state index is 8.64. The van der Waals surface area contributed by atoms with Gasteiger partial charge in [-0.25, -0.2) is 0 Å². The molecule has 2 heteroatoms.